The second-order valence-corrected chi connectivity index (χ2v) is 6.09. The van der Waals surface area contributed by atoms with E-state index in [4.69, 9.17) is 0 Å². The molecule has 1 aliphatic carbocycles. The fraction of sp³-hybridized carbons (Fsp3) is 0.150. The topological polar surface area (TPSA) is 49.3 Å². The number of rotatable bonds is 2. The highest BCUT2D eigenvalue weighted by Gasteiger charge is 2.19. The van der Waals surface area contributed by atoms with Gasteiger partial charge in [-0.25, -0.2) is 0 Å². The summed E-state index contributed by atoms with van der Waals surface area (Å²) in [6.45, 7) is 1.90. The molecule has 3 aromatic carbocycles. The molecule has 0 aromatic heterocycles. The Morgan fingerprint density at radius 1 is 1.04 bits per heavy atom. The Bertz CT molecular complexity index is 934. The van der Waals surface area contributed by atoms with Gasteiger partial charge in [-0.15, -0.1) is 0 Å². The van der Waals surface area contributed by atoms with Crippen LogP contribution in [0.2, 0.25) is 0 Å². The molecule has 0 aliphatic heterocycles. The number of hydrogen-bond donors (Lipinski definition) is 2. The first-order chi connectivity index (χ1) is 11.1. The van der Waals surface area contributed by atoms with E-state index in [9.17, 15) is 9.90 Å². The van der Waals surface area contributed by atoms with Crippen molar-refractivity contribution in [2.24, 2.45) is 0 Å². The van der Waals surface area contributed by atoms with Crippen LogP contribution in [0.3, 0.4) is 0 Å². The van der Waals surface area contributed by atoms with Gasteiger partial charge in [0.1, 0.15) is 5.75 Å². The third-order valence-electron chi connectivity index (χ3n) is 4.52. The molecule has 0 atom stereocenters. The van der Waals surface area contributed by atoms with E-state index in [1.165, 1.54) is 16.5 Å². The Hall–Kier alpha value is -2.81. The van der Waals surface area contributed by atoms with Gasteiger partial charge in [0.15, 0.2) is 0 Å². The van der Waals surface area contributed by atoms with Crippen LogP contribution >= 0.6 is 0 Å². The lowest BCUT2D eigenvalue weighted by Gasteiger charge is -2.11. The van der Waals surface area contributed by atoms with Crippen molar-refractivity contribution in [2.45, 2.75) is 19.8 Å². The number of benzene rings is 3. The maximum atomic E-state index is 12.7. The number of carbonyl (C=O) groups is 1. The molecule has 23 heavy (non-hydrogen) atoms. The molecular formula is C20H17NO2. The van der Waals surface area contributed by atoms with Crippen molar-refractivity contribution in [1.82, 2.24) is 0 Å². The summed E-state index contributed by atoms with van der Waals surface area (Å²) in [5.74, 6) is -0.107. The van der Waals surface area contributed by atoms with Crippen molar-refractivity contribution >= 4 is 22.4 Å². The van der Waals surface area contributed by atoms with Crippen molar-refractivity contribution in [3.05, 3.63) is 70.8 Å². The average molecular weight is 303 g/mol. The Labute approximate surface area is 134 Å². The van der Waals surface area contributed by atoms with E-state index in [1.807, 2.05) is 37.3 Å². The first kappa shape index (κ1) is 13.8. The van der Waals surface area contributed by atoms with Crippen LogP contribution < -0.4 is 5.32 Å². The predicted molar refractivity (Wildman–Crippen MR) is 92.2 cm³/mol. The summed E-state index contributed by atoms with van der Waals surface area (Å²) < 4.78 is 0. The summed E-state index contributed by atoms with van der Waals surface area (Å²) in [6.07, 6.45) is 2.08. The Morgan fingerprint density at radius 3 is 2.61 bits per heavy atom. The summed E-state index contributed by atoms with van der Waals surface area (Å²) in [5, 5.41) is 15.0. The molecule has 0 bridgehead atoms. The molecule has 4 rings (SSSR count). The predicted octanol–water partition coefficient (Wildman–Crippen LogP) is 4.20. The fourth-order valence-corrected chi connectivity index (χ4v) is 3.38. The molecule has 0 unspecified atom stereocenters. The Kier molecular flexibility index (Phi) is 3.08. The summed E-state index contributed by atoms with van der Waals surface area (Å²) in [4.78, 5) is 12.7. The van der Waals surface area contributed by atoms with Crippen LogP contribution in [-0.4, -0.2) is 11.0 Å². The summed E-state index contributed by atoms with van der Waals surface area (Å²) in [6, 6.07) is 15.3. The summed E-state index contributed by atoms with van der Waals surface area (Å²) >= 11 is 0. The number of carbonyl (C=O) groups excluding carboxylic acids is 1. The minimum Gasteiger partial charge on any atom is -0.506 e. The van der Waals surface area contributed by atoms with Crippen molar-refractivity contribution < 1.29 is 9.90 Å². The summed E-state index contributed by atoms with van der Waals surface area (Å²) in [7, 11) is 0. The molecule has 1 amide bonds. The van der Waals surface area contributed by atoms with Gasteiger partial charge < -0.3 is 10.4 Å². The number of hydrogen-bond acceptors (Lipinski definition) is 2. The van der Waals surface area contributed by atoms with E-state index in [0.29, 0.717) is 11.3 Å². The molecule has 2 N–H and O–H groups in total. The van der Waals surface area contributed by atoms with Crippen LogP contribution in [0.5, 0.6) is 5.75 Å². The van der Waals surface area contributed by atoms with Crippen LogP contribution in [-0.2, 0) is 12.8 Å². The van der Waals surface area contributed by atoms with Crippen molar-refractivity contribution in [1.29, 1.82) is 0 Å². The molecule has 3 aromatic rings. The van der Waals surface area contributed by atoms with Gasteiger partial charge in [0, 0.05) is 5.56 Å². The molecular weight excluding hydrogens is 286 g/mol. The van der Waals surface area contributed by atoms with Crippen LogP contribution in [0.1, 0.15) is 27.0 Å². The highest BCUT2D eigenvalue weighted by molar-refractivity contribution is 6.14. The number of anilines is 1. The van der Waals surface area contributed by atoms with E-state index >= 15 is 0 Å². The van der Waals surface area contributed by atoms with Gasteiger partial charge in [0.05, 0.1) is 5.69 Å². The minimum absolute atomic E-state index is 0.0873. The smallest absolute Gasteiger partial charge is 0.256 e. The molecule has 0 fully saturated rings. The molecule has 0 saturated carbocycles. The van der Waals surface area contributed by atoms with Crippen LogP contribution in [0, 0.1) is 6.92 Å². The zero-order valence-electron chi connectivity index (χ0n) is 12.9. The average Bonchev–Trinajstić information content (AvgIpc) is 2.96. The lowest BCUT2D eigenvalue weighted by atomic mass is 9.99. The van der Waals surface area contributed by atoms with E-state index < -0.39 is 0 Å². The zero-order valence-corrected chi connectivity index (χ0v) is 12.9. The fourth-order valence-electron chi connectivity index (χ4n) is 3.38. The standard InChI is InChI=1S/C20H17NO2/c1-12-5-10-17(18(22)11-12)21-20(23)16-9-8-14-7-6-13-3-2-4-15(16)19(13)14/h2-5,8-11,22H,6-7H2,1H3,(H,21,23). The van der Waals surface area contributed by atoms with Gasteiger partial charge in [-0.2, -0.15) is 0 Å². The van der Waals surface area contributed by atoms with Gasteiger partial charge in [0.2, 0.25) is 0 Å². The quantitative estimate of drug-likeness (QED) is 0.697. The van der Waals surface area contributed by atoms with Gasteiger partial charge in [-0.3, -0.25) is 4.79 Å². The maximum absolute atomic E-state index is 12.7. The third kappa shape index (κ3) is 2.25. The maximum Gasteiger partial charge on any atom is 0.256 e. The molecule has 3 heteroatoms. The lowest BCUT2D eigenvalue weighted by Crippen LogP contribution is -2.12. The van der Waals surface area contributed by atoms with Crippen LogP contribution in [0.15, 0.2) is 48.5 Å². The highest BCUT2D eigenvalue weighted by atomic mass is 16.3. The van der Waals surface area contributed by atoms with Crippen molar-refractivity contribution in [3.63, 3.8) is 0 Å². The number of phenols is 1. The van der Waals surface area contributed by atoms with Crippen LogP contribution in [0.4, 0.5) is 5.69 Å². The molecule has 0 saturated heterocycles. The molecule has 0 radical (unpaired) electrons. The van der Waals surface area contributed by atoms with Gasteiger partial charge in [0.25, 0.3) is 5.91 Å². The molecule has 0 heterocycles. The lowest BCUT2D eigenvalue weighted by molar-refractivity contribution is 0.102. The van der Waals surface area contributed by atoms with Gasteiger partial charge in [-0.1, -0.05) is 30.3 Å². The molecule has 114 valence electrons. The SMILES string of the molecule is Cc1ccc(NC(=O)c2ccc3c4c(cccc24)CC3)c(O)c1. The number of aromatic hydroxyl groups is 1. The third-order valence-corrected chi connectivity index (χ3v) is 4.52. The van der Waals surface area contributed by atoms with Crippen LogP contribution in [0.25, 0.3) is 10.8 Å². The van der Waals surface area contributed by atoms with Gasteiger partial charge in [-0.05, 0) is 65.4 Å². The first-order valence-corrected chi connectivity index (χ1v) is 7.78. The second kappa shape index (κ2) is 5.13. The van der Waals surface area contributed by atoms with E-state index in [1.54, 1.807) is 12.1 Å². The molecule has 3 nitrogen and oxygen atoms in total. The van der Waals surface area contributed by atoms with E-state index in [2.05, 4.69) is 11.4 Å². The number of amides is 1. The second-order valence-electron chi connectivity index (χ2n) is 6.09. The molecule has 0 spiro atoms. The number of aryl methyl sites for hydroxylation is 3. The Morgan fingerprint density at radius 2 is 1.83 bits per heavy atom. The van der Waals surface area contributed by atoms with Crippen molar-refractivity contribution in [2.75, 3.05) is 5.32 Å². The first-order valence-electron chi connectivity index (χ1n) is 7.78. The highest BCUT2D eigenvalue weighted by Crippen LogP contribution is 2.33. The summed E-state index contributed by atoms with van der Waals surface area (Å²) in [5.41, 5.74) is 4.65. The largest absolute Gasteiger partial charge is 0.506 e. The number of nitrogens with one attached hydrogen (secondary N) is 1. The number of phenolic OH excluding ortho intramolecular Hbond substituents is 1. The van der Waals surface area contributed by atoms with Gasteiger partial charge >= 0.3 is 0 Å². The molecule has 1 aliphatic rings. The minimum atomic E-state index is -0.195. The Balaban J connectivity index is 1.76. The monoisotopic (exact) mass is 303 g/mol. The normalized spacial score (nSPS) is 12.6. The van der Waals surface area contributed by atoms with Crippen molar-refractivity contribution in [3.8, 4) is 5.75 Å². The zero-order chi connectivity index (χ0) is 16.0. The van der Waals surface area contributed by atoms with E-state index in [0.717, 1.165) is 23.8 Å². The van der Waals surface area contributed by atoms with E-state index in [-0.39, 0.29) is 11.7 Å².